The molecule has 0 radical (unpaired) electrons. The molecule has 0 N–H and O–H groups in total. The van der Waals surface area contributed by atoms with Crippen molar-refractivity contribution >= 4 is 11.9 Å². The van der Waals surface area contributed by atoms with Crippen LogP contribution >= 0.6 is 0 Å². The van der Waals surface area contributed by atoms with Gasteiger partial charge < -0.3 is 24.0 Å². The van der Waals surface area contributed by atoms with Crippen LogP contribution in [0, 0.1) is 5.82 Å². The van der Waals surface area contributed by atoms with Crippen LogP contribution in [0.25, 0.3) is 0 Å². The Kier molecular flexibility index (Phi) is 10.2. The summed E-state index contributed by atoms with van der Waals surface area (Å²) in [6.45, 7) is 3.04. The molecule has 1 aliphatic carbocycles. The number of nitrogens with zero attached hydrogens (tertiary/aromatic N) is 2. The molecule has 3 aromatic rings. The van der Waals surface area contributed by atoms with E-state index in [9.17, 15) is 40.3 Å². The number of piperidine rings is 1. The lowest BCUT2D eigenvalue weighted by atomic mass is 9.72. The molecule has 3 aliphatic rings. The Morgan fingerprint density at radius 1 is 0.922 bits per heavy atom. The topological polar surface area (TPSA) is 68.3 Å². The quantitative estimate of drug-likeness (QED) is 0.173. The first-order valence-electron chi connectivity index (χ1n) is 16.7. The maximum absolute atomic E-state index is 14.0. The summed E-state index contributed by atoms with van der Waals surface area (Å²) in [4.78, 5) is 28.9. The Labute approximate surface area is 290 Å². The molecule has 2 heterocycles. The zero-order chi connectivity index (χ0) is 36.6. The number of benzene rings is 3. The van der Waals surface area contributed by atoms with Gasteiger partial charge in [-0.05, 0) is 92.7 Å². The minimum Gasteiger partial charge on any atom is -0.464 e. The Bertz CT molecular complexity index is 1710. The molecule has 2 fully saturated rings. The van der Waals surface area contributed by atoms with Crippen molar-refractivity contribution in [2.45, 2.75) is 62.1 Å². The Balaban J connectivity index is 1.19. The number of likely N-dealkylation sites (tertiary alicyclic amines) is 1. The molecule has 1 amide bonds. The Morgan fingerprint density at radius 3 is 2.20 bits per heavy atom. The molecule has 2 aliphatic heterocycles. The van der Waals surface area contributed by atoms with Gasteiger partial charge in [-0.15, -0.1) is 0 Å². The second-order valence-electron chi connectivity index (χ2n) is 13.3. The fourth-order valence-electron chi connectivity index (χ4n) is 7.66. The molecule has 0 unspecified atom stereocenters. The lowest BCUT2D eigenvalue weighted by molar-refractivity contribution is -0.152. The number of halogens is 7. The lowest BCUT2D eigenvalue weighted by Crippen LogP contribution is -2.49. The van der Waals surface area contributed by atoms with Crippen molar-refractivity contribution in [3.05, 3.63) is 106 Å². The van der Waals surface area contributed by atoms with Gasteiger partial charge in [0.2, 0.25) is 0 Å². The SMILES string of the molecule is CCOC(=O)CO[C@H]1Cc2ccccc2C12CCN(CC[C@@]1(c3ccc(F)cc3)CN(C(=O)c3cc(C(F)(F)F)cc(C(F)(F)F)c3)CO1)CC2. The average Bonchev–Trinajstić information content (AvgIpc) is 3.66. The second-order valence-corrected chi connectivity index (χ2v) is 13.3. The van der Waals surface area contributed by atoms with Crippen LogP contribution in [0.15, 0.2) is 66.7 Å². The van der Waals surface area contributed by atoms with Crippen LogP contribution in [-0.4, -0.2) is 73.9 Å². The zero-order valence-electron chi connectivity index (χ0n) is 27.8. The number of rotatable bonds is 9. The molecule has 0 bridgehead atoms. The fraction of sp³-hybridized carbons (Fsp3) is 0.459. The van der Waals surface area contributed by atoms with Crippen LogP contribution in [0.2, 0.25) is 0 Å². The van der Waals surface area contributed by atoms with Crippen molar-refractivity contribution in [3.8, 4) is 0 Å². The van der Waals surface area contributed by atoms with Crippen LogP contribution < -0.4 is 0 Å². The lowest BCUT2D eigenvalue weighted by Gasteiger charge is -2.44. The van der Waals surface area contributed by atoms with E-state index in [1.807, 2.05) is 12.1 Å². The van der Waals surface area contributed by atoms with Gasteiger partial charge in [-0.25, -0.2) is 9.18 Å². The fourth-order valence-corrected chi connectivity index (χ4v) is 7.66. The standard InChI is InChI=1S/C37H37F7N2O5/c1-2-49-32(47)21-50-31-19-24-5-3-4-6-30(24)34(31)11-14-45(15-12-34)16-13-35(26-7-9-29(38)10-8-26)22-46(23-51-35)33(48)25-17-27(36(39,40)41)20-28(18-25)37(42,43)44/h3-10,17-18,20,31H,2,11-16,19,21-23H2,1H3/t31-,35-/m0/s1. The summed E-state index contributed by atoms with van der Waals surface area (Å²) < 4.78 is 113. The molecule has 2 atom stereocenters. The highest BCUT2D eigenvalue weighted by Crippen LogP contribution is 2.48. The highest BCUT2D eigenvalue weighted by atomic mass is 19.4. The number of alkyl halides is 6. The molecule has 0 saturated carbocycles. The van der Waals surface area contributed by atoms with Gasteiger partial charge in [0.1, 0.15) is 24.8 Å². The van der Waals surface area contributed by atoms with Gasteiger partial charge in [-0.3, -0.25) is 4.79 Å². The number of carbonyl (C=O) groups is 2. The van der Waals surface area contributed by atoms with E-state index in [0.29, 0.717) is 50.2 Å². The summed E-state index contributed by atoms with van der Waals surface area (Å²) in [5.41, 5.74) is -2.60. The molecule has 51 heavy (non-hydrogen) atoms. The smallest absolute Gasteiger partial charge is 0.416 e. The van der Waals surface area contributed by atoms with E-state index in [2.05, 4.69) is 17.0 Å². The third kappa shape index (κ3) is 7.63. The molecular formula is C37H37F7N2O5. The molecule has 14 heteroatoms. The number of amides is 1. The number of fused-ring (bicyclic) bond motifs is 2. The second kappa shape index (κ2) is 14.2. The van der Waals surface area contributed by atoms with Crippen LogP contribution in [0.1, 0.15) is 64.4 Å². The summed E-state index contributed by atoms with van der Waals surface area (Å²) >= 11 is 0. The van der Waals surface area contributed by atoms with Crippen LogP contribution in [0.4, 0.5) is 30.7 Å². The molecule has 0 aromatic heterocycles. The number of hydrogen-bond acceptors (Lipinski definition) is 6. The van der Waals surface area contributed by atoms with Crippen molar-refractivity contribution in [3.63, 3.8) is 0 Å². The van der Waals surface area contributed by atoms with E-state index in [-0.39, 0.29) is 37.3 Å². The number of carbonyl (C=O) groups excluding carboxylic acids is 2. The van der Waals surface area contributed by atoms with E-state index in [1.54, 1.807) is 6.92 Å². The van der Waals surface area contributed by atoms with Crippen molar-refractivity contribution in [1.29, 1.82) is 0 Å². The summed E-state index contributed by atoms with van der Waals surface area (Å²) in [6, 6.07) is 14.4. The van der Waals surface area contributed by atoms with Crippen molar-refractivity contribution in [1.82, 2.24) is 9.80 Å². The molecule has 1 spiro atoms. The van der Waals surface area contributed by atoms with E-state index >= 15 is 0 Å². The normalized spacial score (nSPS) is 22.0. The summed E-state index contributed by atoms with van der Waals surface area (Å²) in [5.74, 6) is -1.99. The predicted molar refractivity (Wildman–Crippen MR) is 170 cm³/mol. The van der Waals surface area contributed by atoms with E-state index in [4.69, 9.17) is 14.2 Å². The Hall–Kier alpha value is -4.01. The van der Waals surface area contributed by atoms with Crippen molar-refractivity contribution in [2.75, 3.05) is 46.1 Å². The summed E-state index contributed by atoms with van der Waals surface area (Å²) in [6.07, 6.45) is -8.04. The third-order valence-corrected chi connectivity index (χ3v) is 10.3. The third-order valence-electron chi connectivity index (χ3n) is 10.3. The molecule has 3 aromatic carbocycles. The zero-order valence-corrected chi connectivity index (χ0v) is 27.8. The maximum Gasteiger partial charge on any atom is 0.416 e. The van der Waals surface area contributed by atoms with Gasteiger partial charge in [0.25, 0.3) is 5.91 Å². The first-order valence-corrected chi connectivity index (χ1v) is 16.7. The van der Waals surface area contributed by atoms with Gasteiger partial charge in [0, 0.05) is 17.5 Å². The van der Waals surface area contributed by atoms with Gasteiger partial charge in [-0.2, -0.15) is 26.3 Å². The van der Waals surface area contributed by atoms with Gasteiger partial charge in [0.05, 0.1) is 30.4 Å². The highest BCUT2D eigenvalue weighted by molar-refractivity contribution is 5.95. The molecular weight excluding hydrogens is 685 g/mol. The van der Waals surface area contributed by atoms with Crippen LogP contribution in [-0.2, 0) is 48.8 Å². The van der Waals surface area contributed by atoms with Crippen LogP contribution in [0.3, 0.4) is 0 Å². The summed E-state index contributed by atoms with van der Waals surface area (Å²) in [7, 11) is 0. The van der Waals surface area contributed by atoms with E-state index in [1.165, 1.54) is 35.4 Å². The predicted octanol–water partition coefficient (Wildman–Crippen LogP) is 7.12. The minimum atomic E-state index is -5.11. The molecule has 2 saturated heterocycles. The van der Waals surface area contributed by atoms with Crippen molar-refractivity contribution in [2.24, 2.45) is 0 Å². The summed E-state index contributed by atoms with van der Waals surface area (Å²) in [5, 5.41) is 0. The monoisotopic (exact) mass is 722 g/mol. The number of hydrogen-bond donors (Lipinski definition) is 0. The molecule has 274 valence electrons. The van der Waals surface area contributed by atoms with Gasteiger partial charge in [-0.1, -0.05) is 36.4 Å². The number of ether oxygens (including phenoxy) is 3. The number of esters is 1. The highest BCUT2D eigenvalue weighted by Gasteiger charge is 2.50. The van der Waals surface area contributed by atoms with E-state index in [0.717, 1.165) is 17.7 Å². The van der Waals surface area contributed by atoms with Gasteiger partial charge >= 0.3 is 18.3 Å². The average molecular weight is 723 g/mol. The van der Waals surface area contributed by atoms with Crippen molar-refractivity contribution < 1.29 is 54.5 Å². The Morgan fingerprint density at radius 2 is 1.57 bits per heavy atom. The van der Waals surface area contributed by atoms with Crippen LogP contribution in [0.5, 0.6) is 0 Å². The maximum atomic E-state index is 14.0. The van der Waals surface area contributed by atoms with E-state index < -0.39 is 59.1 Å². The molecule has 6 rings (SSSR count). The minimum absolute atomic E-state index is 0.0261. The molecule has 7 nitrogen and oxygen atoms in total. The first kappa shape index (κ1) is 36.8. The first-order chi connectivity index (χ1) is 24.1. The van der Waals surface area contributed by atoms with Gasteiger partial charge in [0.15, 0.2) is 0 Å². The largest absolute Gasteiger partial charge is 0.464 e.